The zero-order chi connectivity index (χ0) is 18.4. The number of nitrogens with two attached hydrogens (primary N) is 1. The fourth-order valence-electron chi connectivity index (χ4n) is 3.53. The van der Waals surface area contributed by atoms with Crippen LogP contribution in [0.1, 0.15) is 44.4 Å². The predicted octanol–water partition coefficient (Wildman–Crippen LogP) is 2.54. The van der Waals surface area contributed by atoms with Crippen LogP contribution in [0.5, 0.6) is 0 Å². The number of thiophene rings is 1. The van der Waals surface area contributed by atoms with Gasteiger partial charge in [0.25, 0.3) is 0 Å². The molecule has 0 spiro atoms. The van der Waals surface area contributed by atoms with Crippen molar-refractivity contribution in [1.82, 2.24) is 10.4 Å². The third kappa shape index (κ3) is 2.94. The second-order valence-electron chi connectivity index (χ2n) is 7.16. The number of carbonyl (C=O) groups excluding carboxylic acids is 2. The summed E-state index contributed by atoms with van der Waals surface area (Å²) in [6.07, 6.45) is 0.996. The molecular formula is C18H20N4O2S. The van der Waals surface area contributed by atoms with Gasteiger partial charge in [0.15, 0.2) is 5.78 Å². The summed E-state index contributed by atoms with van der Waals surface area (Å²) in [5.41, 5.74) is 10.2. The Bertz CT molecular complexity index is 843. The largest absolute Gasteiger partial charge is 0.383 e. The van der Waals surface area contributed by atoms with Gasteiger partial charge in [0.2, 0.25) is 5.91 Å². The Kier molecular flexibility index (Phi) is 4.17. The number of hydrogen-bond acceptors (Lipinski definition) is 6. The molecule has 0 saturated carbocycles. The molecule has 25 heavy (non-hydrogen) atoms. The van der Waals surface area contributed by atoms with Crippen molar-refractivity contribution in [3.63, 3.8) is 0 Å². The van der Waals surface area contributed by atoms with Crippen LogP contribution in [0.2, 0.25) is 0 Å². The standard InChI is InChI=1S/C18H20N4O2S/c1-10(23)21-22-12-7-18(2,3)8-13(24)16(12)15(11(9-19)17(22)20)14-5-4-6-25-14/h4-6,15H,7-8,20H2,1-3H3,(H,21,23). The zero-order valence-corrected chi connectivity index (χ0v) is 15.2. The van der Waals surface area contributed by atoms with Gasteiger partial charge in [0, 0.05) is 23.8 Å². The molecule has 0 aromatic carbocycles. The Morgan fingerprint density at radius 3 is 2.76 bits per heavy atom. The maximum atomic E-state index is 13.0. The van der Waals surface area contributed by atoms with Gasteiger partial charge in [-0.2, -0.15) is 5.26 Å². The van der Waals surface area contributed by atoms with E-state index in [-0.39, 0.29) is 22.9 Å². The van der Waals surface area contributed by atoms with Gasteiger partial charge in [0.05, 0.1) is 23.3 Å². The van der Waals surface area contributed by atoms with Crippen LogP contribution in [0.4, 0.5) is 0 Å². The highest BCUT2D eigenvalue weighted by Crippen LogP contribution is 2.49. The van der Waals surface area contributed by atoms with Crippen LogP contribution in [0, 0.1) is 16.7 Å². The number of ketones is 1. The maximum absolute atomic E-state index is 13.0. The van der Waals surface area contributed by atoms with Crippen molar-refractivity contribution in [3.05, 3.63) is 45.1 Å². The molecule has 3 N–H and O–H groups in total. The molecule has 2 aliphatic rings. The zero-order valence-electron chi connectivity index (χ0n) is 14.4. The third-order valence-electron chi connectivity index (χ3n) is 4.48. The van der Waals surface area contributed by atoms with Crippen LogP contribution in [-0.2, 0) is 9.59 Å². The van der Waals surface area contributed by atoms with E-state index in [4.69, 9.17) is 5.73 Å². The number of amides is 1. The molecule has 0 radical (unpaired) electrons. The van der Waals surface area contributed by atoms with Crippen molar-refractivity contribution >= 4 is 23.0 Å². The van der Waals surface area contributed by atoms with Crippen LogP contribution in [0.25, 0.3) is 0 Å². The summed E-state index contributed by atoms with van der Waals surface area (Å²) in [6.45, 7) is 5.40. The number of nitriles is 1. The molecule has 1 aliphatic carbocycles. The molecular weight excluding hydrogens is 336 g/mol. The second kappa shape index (κ2) is 6.05. The Morgan fingerprint density at radius 1 is 1.48 bits per heavy atom. The van der Waals surface area contributed by atoms with E-state index >= 15 is 0 Å². The first-order valence-corrected chi connectivity index (χ1v) is 8.90. The molecule has 1 aromatic heterocycles. The van der Waals surface area contributed by atoms with Gasteiger partial charge in [-0.15, -0.1) is 11.3 Å². The summed E-state index contributed by atoms with van der Waals surface area (Å²) < 4.78 is 0. The van der Waals surface area contributed by atoms with Crippen LogP contribution in [0.15, 0.2) is 40.2 Å². The van der Waals surface area contributed by atoms with Crippen molar-refractivity contribution in [2.45, 2.75) is 39.5 Å². The van der Waals surface area contributed by atoms with Gasteiger partial charge >= 0.3 is 0 Å². The first kappa shape index (κ1) is 17.2. The lowest BCUT2D eigenvalue weighted by molar-refractivity contribution is -0.123. The van der Waals surface area contributed by atoms with E-state index in [1.807, 2.05) is 31.4 Å². The Labute approximate surface area is 150 Å². The molecule has 1 unspecified atom stereocenters. The molecule has 6 nitrogen and oxygen atoms in total. The lowest BCUT2D eigenvalue weighted by Crippen LogP contribution is -2.49. The maximum Gasteiger partial charge on any atom is 0.235 e. The van der Waals surface area contributed by atoms with E-state index < -0.39 is 5.92 Å². The molecule has 1 aliphatic heterocycles. The second-order valence-corrected chi connectivity index (χ2v) is 8.14. The SMILES string of the molecule is CC(=O)NN1C(N)=C(C#N)C(c2cccs2)C2=C1CC(C)(C)CC2=O. The van der Waals surface area contributed by atoms with E-state index in [0.29, 0.717) is 29.7 Å². The van der Waals surface area contributed by atoms with Crippen molar-refractivity contribution < 1.29 is 9.59 Å². The number of Topliss-reactive ketones (excluding diaryl/α,β-unsaturated/α-hetero) is 1. The smallest absolute Gasteiger partial charge is 0.235 e. The Hall–Kier alpha value is -2.59. The Balaban J connectivity index is 2.24. The summed E-state index contributed by atoms with van der Waals surface area (Å²) in [5.74, 6) is -0.591. The monoisotopic (exact) mass is 356 g/mol. The average Bonchev–Trinajstić information content (AvgIpc) is 3.02. The molecule has 1 amide bonds. The number of hydrazine groups is 1. The van der Waals surface area contributed by atoms with Crippen molar-refractivity contribution in [2.24, 2.45) is 11.1 Å². The van der Waals surface area contributed by atoms with E-state index in [1.165, 1.54) is 23.3 Å². The van der Waals surface area contributed by atoms with E-state index in [2.05, 4.69) is 11.5 Å². The van der Waals surface area contributed by atoms with Crippen LogP contribution in [0.3, 0.4) is 0 Å². The fraction of sp³-hybridized carbons (Fsp3) is 0.389. The summed E-state index contributed by atoms with van der Waals surface area (Å²) in [4.78, 5) is 25.5. The van der Waals surface area contributed by atoms with Crippen molar-refractivity contribution in [2.75, 3.05) is 0 Å². The molecule has 0 saturated heterocycles. The average molecular weight is 356 g/mol. The van der Waals surface area contributed by atoms with Crippen molar-refractivity contribution in [1.29, 1.82) is 5.26 Å². The normalized spacial score (nSPS) is 22.6. The minimum atomic E-state index is -0.464. The lowest BCUT2D eigenvalue weighted by atomic mass is 9.70. The van der Waals surface area contributed by atoms with E-state index in [1.54, 1.807) is 0 Å². The molecule has 1 atom stereocenters. The number of nitrogens with zero attached hydrogens (tertiary/aromatic N) is 2. The molecule has 2 heterocycles. The highest BCUT2D eigenvalue weighted by atomic mass is 32.1. The topological polar surface area (TPSA) is 99.2 Å². The van der Waals surface area contributed by atoms with Gasteiger partial charge in [-0.3, -0.25) is 15.0 Å². The number of rotatable bonds is 2. The minimum Gasteiger partial charge on any atom is -0.383 e. The summed E-state index contributed by atoms with van der Waals surface area (Å²) in [7, 11) is 0. The highest BCUT2D eigenvalue weighted by Gasteiger charge is 2.44. The number of hydrogen-bond donors (Lipinski definition) is 2. The first-order chi connectivity index (χ1) is 11.7. The van der Waals surface area contributed by atoms with Gasteiger partial charge in [-0.25, -0.2) is 5.01 Å². The van der Waals surface area contributed by atoms with Gasteiger partial charge in [0.1, 0.15) is 5.82 Å². The highest BCUT2D eigenvalue weighted by molar-refractivity contribution is 7.10. The quantitative estimate of drug-likeness (QED) is 0.848. The molecule has 0 fully saturated rings. The molecule has 3 rings (SSSR count). The molecule has 0 bridgehead atoms. The van der Waals surface area contributed by atoms with E-state index in [0.717, 1.165) is 4.88 Å². The molecule has 1 aromatic rings. The number of nitrogens with one attached hydrogen (secondary N) is 1. The van der Waals surface area contributed by atoms with Gasteiger partial charge in [-0.1, -0.05) is 19.9 Å². The van der Waals surface area contributed by atoms with Crippen LogP contribution in [-0.4, -0.2) is 16.7 Å². The molecule has 130 valence electrons. The van der Waals surface area contributed by atoms with Crippen LogP contribution >= 0.6 is 11.3 Å². The lowest BCUT2D eigenvalue weighted by Gasteiger charge is -2.43. The molecule has 7 heteroatoms. The number of carbonyl (C=O) groups is 2. The minimum absolute atomic E-state index is 0.000233. The Morgan fingerprint density at radius 2 is 2.20 bits per heavy atom. The van der Waals surface area contributed by atoms with Crippen molar-refractivity contribution in [3.8, 4) is 6.07 Å². The van der Waals surface area contributed by atoms with E-state index in [9.17, 15) is 14.9 Å². The first-order valence-electron chi connectivity index (χ1n) is 8.02. The summed E-state index contributed by atoms with van der Waals surface area (Å²) in [5, 5.41) is 13.0. The summed E-state index contributed by atoms with van der Waals surface area (Å²) in [6, 6.07) is 5.95. The van der Waals surface area contributed by atoms with Crippen LogP contribution < -0.4 is 11.2 Å². The van der Waals surface area contributed by atoms with Gasteiger partial charge < -0.3 is 5.73 Å². The fourth-order valence-corrected chi connectivity index (χ4v) is 4.38. The number of allylic oxidation sites excluding steroid dienone is 3. The van der Waals surface area contributed by atoms with Gasteiger partial charge in [-0.05, 0) is 23.3 Å². The summed E-state index contributed by atoms with van der Waals surface area (Å²) >= 11 is 1.49. The predicted molar refractivity (Wildman–Crippen MR) is 94.6 cm³/mol. The third-order valence-corrected chi connectivity index (χ3v) is 5.42.